The molecule has 3 heteroatoms. The van der Waals surface area contributed by atoms with E-state index in [-0.39, 0.29) is 0 Å². The third kappa shape index (κ3) is 17.5. The first-order valence-corrected chi connectivity index (χ1v) is 20.1. The van der Waals surface area contributed by atoms with Crippen LogP contribution in [0, 0.1) is 0 Å². The first-order valence-electron chi connectivity index (χ1n) is 20.1. The molecule has 0 aromatic rings. The lowest BCUT2D eigenvalue weighted by molar-refractivity contribution is 0.402. The zero-order valence-corrected chi connectivity index (χ0v) is 30.6. The zero-order valence-electron chi connectivity index (χ0n) is 30.6. The minimum Gasteiger partial charge on any atom is -0.373 e. The Morgan fingerprint density at radius 2 is 0.604 bits per heavy atom. The molecule has 4 rings (SSSR count). The summed E-state index contributed by atoms with van der Waals surface area (Å²) in [6.45, 7) is 6.78. The van der Waals surface area contributed by atoms with Gasteiger partial charge in [0.25, 0.3) is 0 Å². The number of fused-ring (bicyclic) bond motifs is 6. The molecule has 0 spiro atoms. The van der Waals surface area contributed by atoms with Crippen LogP contribution in [0.5, 0.6) is 0 Å². The van der Waals surface area contributed by atoms with Gasteiger partial charge in [0.15, 0.2) is 0 Å². The van der Waals surface area contributed by atoms with Crippen molar-refractivity contribution in [1.82, 2.24) is 14.7 Å². The van der Waals surface area contributed by atoms with E-state index in [1.54, 1.807) is 16.7 Å². The summed E-state index contributed by atoms with van der Waals surface area (Å²) in [6.07, 6.45) is 62.4. The van der Waals surface area contributed by atoms with Gasteiger partial charge in [-0.05, 0) is 133 Å². The van der Waals surface area contributed by atoms with Crippen molar-refractivity contribution in [3.05, 3.63) is 108 Å². The van der Waals surface area contributed by atoms with Crippen molar-refractivity contribution >= 4 is 0 Å². The summed E-state index contributed by atoms with van der Waals surface area (Å²) in [5, 5.41) is 0. The Bertz CT molecular complexity index is 1000. The van der Waals surface area contributed by atoms with Crippen molar-refractivity contribution < 1.29 is 0 Å². The van der Waals surface area contributed by atoms with Gasteiger partial charge in [0.05, 0.1) is 0 Å². The molecular formula is C45H69N3. The third-order valence-electron chi connectivity index (χ3n) is 10.2. The van der Waals surface area contributed by atoms with Crippen molar-refractivity contribution in [2.24, 2.45) is 0 Å². The predicted molar refractivity (Wildman–Crippen MR) is 211 cm³/mol. The normalized spacial score (nSPS) is 23.0. The van der Waals surface area contributed by atoms with Crippen molar-refractivity contribution in [1.29, 1.82) is 0 Å². The molecular weight excluding hydrogens is 583 g/mol. The van der Waals surface area contributed by atoms with Gasteiger partial charge >= 0.3 is 0 Å². The highest BCUT2D eigenvalue weighted by Crippen LogP contribution is 2.19. The van der Waals surface area contributed by atoms with E-state index in [2.05, 4.69) is 106 Å². The van der Waals surface area contributed by atoms with E-state index in [0.29, 0.717) is 0 Å². The van der Waals surface area contributed by atoms with Gasteiger partial charge in [-0.25, -0.2) is 0 Å². The lowest BCUT2D eigenvalue weighted by Gasteiger charge is -2.24. The molecule has 0 amide bonds. The maximum atomic E-state index is 2.51. The number of rotatable bonds is 0. The minimum absolute atomic E-state index is 1.12. The summed E-state index contributed by atoms with van der Waals surface area (Å²) >= 11 is 0. The van der Waals surface area contributed by atoms with E-state index in [4.69, 9.17) is 0 Å². The van der Waals surface area contributed by atoms with Crippen LogP contribution < -0.4 is 0 Å². The molecule has 48 heavy (non-hydrogen) atoms. The van der Waals surface area contributed by atoms with Crippen molar-refractivity contribution in [2.75, 3.05) is 39.3 Å². The molecule has 4 aliphatic heterocycles. The number of nitrogens with zero attached hydrogens (tertiary/aromatic N) is 3. The SMILES string of the molecule is C1=CN2CCC=CCCCCCCC3=CC=CN(CCC=CCCCCCCC4=CC=CN(CCC=CCCCCCCC(=C1)C2)C4)C3. The summed E-state index contributed by atoms with van der Waals surface area (Å²) in [4.78, 5) is 7.52. The molecule has 0 unspecified atom stereocenters. The fraction of sp³-hybridized carbons (Fsp3) is 0.600. The lowest BCUT2D eigenvalue weighted by Crippen LogP contribution is -2.23. The van der Waals surface area contributed by atoms with Gasteiger partial charge in [0.1, 0.15) is 0 Å². The molecule has 6 bridgehead atoms. The second kappa shape index (κ2) is 25.1. The van der Waals surface area contributed by atoms with Crippen LogP contribution in [0.3, 0.4) is 0 Å². The van der Waals surface area contributed by atoms with Gasteiger partial charge in [0, 0.05) is 39.3 Å². The first kappa shape index (κ1) is 37.9. The standard InChI is InChI=1S/C45H69N3/c1-4-10-16-22-34-46-37-26-32-44(41-46)29-20-14-8-3-6-12-18-24-36-48-39-27-33-45(42-48)30-21-15-9-2-5-11-17-23-35-47-38-25-31-43(40-47)28-19-13-7-1/h10-12,16-18,25-27,31-33,37-39H,1-9,13-15,19-24,28-30,34-36,40-42H2. The molecule has 0 aromatic heterocycles. The van der Waals surface area contributed by atoms with Crippen molar-refractivity contribution in [3.63, 3.8) is 0 Å². The van der Waals surface area contributed by atoms with Gasteiger partial charge in [-0.3, -0.25) is 0 Å². The molecule has 0 atom stereocenters. The second-order valence-corrected chi connectivity index (χ2v) is 14.5. The maximum absolute atomic E-state index is 2.51. The van der Waals surface area contributed by atoms with Crippen LogP contribution in [0.15, 0.2) is 108 Å². The van der Waals surface area contributed by atoms with Crippen molar-refractivity contribution in [3.8, 4) is 0 Å². The van der Waals surface area contributed by atoms with Gasteiger partial charge in [-0.15, -0.1) is 0 Å². The third-order valence-corrected chi connectivity index (χ3v) is 10.2. The fourth-order valence-corrected chi connectivity index (χ4v) is 7.28. The summed E-state index contributed by atoms with van der Waals surface area (Å²) in [6, 6.07) is 0. The molecule has 0 aromatic carbocycles. The highest BCUT2D eigenvalue weighted by atomic mass is 15.1. The van der Waals surface area contributed by atoms with Crippen LogP contribution in [-0.2, 0) is 0 Å². The Kier molecular flexibility index (Phi) is 19.8. The summed E-state index contributed by atoms with van der Waals surface area (Å²) in [7, 11) is 0. The Hall–Kier alpha value is -2.94. The predicted octanol–water partition coefficient (Wildman–Crippen LogP) is 12.1. The molecule has 0 aliphatic carbocycles. The molecule has 4 heterocycles. The van der Waals surface area contributed by atoms with E-state index in [1.165, 1.54) is 116 Å². The molecule has 3 nitrogen and oxygen atoms in total. The van der Waals surface area contributed by atoms with Crippen LogP contribution in [0.1, 0.15) is 135 Å². The van der Waals surface area contributed by atoms with Crippen LogP contribution in [-0.4, -0.2) is 54.0 Å². The average molecular weight is 652 g/mol. The van der Waals surface area contributed by atoms with Crippen LogP contribution >= 0.6 is 0 Å². The molecule has 0 saturated heterocycles. The maximum Gasteiger partial charge on any atom is 0.0386 e. The number of hydrogen-bond donors (Lipinski definition) is 0. The average Bonchev–Trinajstić information content (AvgIpc) is 3.11. The Labute approximate surface area is 296 Å². The smallest absolute Gasteiger partial charge is 0.0386 e. The molecule has 0 N–H and O–H groups in total. The van der Waals surface area contributed by atoms with Gasteiger partial charge in [-0.2, -0.15) is 0 Å². The molecule has 0 fully saturated rings. The largest absolute Gasteiger partial charge is 0.373 e. The zero-order chi connectivity index (χ0) is 33.2. The Morgan fingerprint density at radius 1 is 0.312 bits per heavy atom. The van der Waals surface area contributed by atoms with E-state index >= 15 is 0 Å². The summed E-state index contributed by atoms with van der Waals surface area (Å²) in [5.41, 5.74) is 4.84. The van der Waals surface area contributed by atoms with Gasteiger partial charge in [-0.1, -0.05) is 110 Å². The second-order valence-electron chi connectivity index (χ2n) is 14.5. The number of allylic oxidation sites excluding steroid dienone is 9. The lowest BCUT2D eigenvalue weighted by atomic mass is 10.0. The molecule has 4 aliphatic rings. The van der Waals surface area contributed by atoms with E-state index in [1.807, 2.05) is 0 Å². The Balaban J connectivity index is 1.14. The fourth-order valence-electron chi connectivity index (χ4n) is 7.28. The monoisotopic (exact) mass is 652 g/mol. The van der Waals surface area contributed by atoms with Crippen LogP contribution in [0.25, 0.3) is 0 Å². The van der Waals surface area contributed by atoms with Crippen LogP contribution in [0.2, 0.25) is 0 Å². The van der Waals surface area contributed by atoms with Gasteiger partial charge in [0.2, 0.25) is 0 Å². The highest BCUT2D eigenvalue weighted by molar-refractivity contribution is 5.20. The molecule has 0 saturated carbocycles. The molecule has 0 radical (unpaired) electrons. The van der Waals surface area contributed by atoms with E-state index in [9.17, 15) is 0 Å². The Morgan fingerprint density at radius 3 is 0.938 bits per heavy atom. The van der Waals surface area contributed by atoms with Gasteiger partial charge < -0.3 is 14.7 Å². The highest BCUT2D eigenvalue weighted by Gasteiger charge is 2.09. The number of hydrogen-bond acceptors (Lipinski definition) is 3. The minimum atomic E-state index is 1.12. The van der Waals surface area contributed by atoms with E-state index in [0.717, 1.165) is 58.5 Å². The van der Waals surface area contributed by atoms with E-state index < -0.39 is 0 Å². The summed E-state index contributed by atoms with van der Waals surface area (Å²) < 4.78 is 0. The van der Waals surface area contributed by atoms with Crippen molar-refractivity contribution in [2.45, 2.75) is 135 Å². The van der Waals surface area contributed by atoms with Crippen LogP contribution in [0.4, 0.5) is 0 Å². The topological polar surface area (TPSA) is 9.72 Å². The quantitative estimate of drug-likeness (QED) is 0.241. The summed E-state index contributed by atoms with van der Waals surface area (Å²) in [5.74, 6) is 0. The first-order chi connectivity index (χ1) is 23.8. The molecule has 264 valence electrons.